The summed E-state index contributed by atoms with van der Waals surface area (Å²) in [5.41, 5.74) is 5.18. The number of rotatable bonds is 3. The van der Waals surface area contributed by atoms with Gasteiger partial charge < -0.3 is 9.64 Å². The third kappa shape index (κ3) is 3.88. The van der Waals surface area contributed by atoms with Gasteiger partial charge in [-0.15, -0.1) is 0 Å². The van der Waals surface area contributed by atoms with Gasteiger partial charge in [0.25, 0.3) is 11.8 Å². The van der Waals surface area contributed by atoms with Crippen molar-refractivity contribution in [1.29, 1.82) is 0 Å². The lowest BCUT2D eigenvalue weighted by Crippen LogP contribution is -2.47. The average molecular weight is 439 g/mol. The van der Waals surface area contributed by atoms with Gasteiger partial charge >= 0.3 is 0 Å². The van der Waals surface area contributed by atoms with E-state index in [9.17, 15) is 9.59 Å². The molecule has 5 nitrogen and oxygen atoms in total. The van der Waals surface area contributed by atoms with Crippen LogP contribution in [0.1, 0.15) is 36.1 Å². The molecule has 1 saturated heterocycles. The van der Waals surface area contributed by atoms with Crippen molar-refractivity contribution in [2.45, 2.75) is 46.8 Å². The normalized spacial score (nSPS) is 22.0. The lowest BCUT2D eigenvalue weighted by Gasteiger charge is -2.37. The fourth-order valence-electron chi connectivity index (χ4n) is 4.37. The molecule has 0 radical (unpaired) electrons. The van der Waals surface area contributed by atoms with E-state index in [0.717, 1.165) is 22.3 Å². The van der Waals surface area contributed by atoms with Crippen molar-refractivity contribution in [3.63, 3.8) is 0 Å². The summed E-state index contributed by atoms with van der Waals surface area (Å²) in [6, 6.07) is 11.2. The van der Waals surface area contributed by atoms with Gasteiger partial charge in [0.05, 0.1) is 23.5 Å². The predicted molar refractivity (Wildman–Crippen MR) is 123 cm³/mol. The first-order valence-corrected chi connectivity index (χ1v) is 10.9. The number of hydrogen-bond acceptors (Lipinski definition) is 4. The van der Waals surface area contributed by atoms with E-state index in [1.54, 1.807) is 12.1 Å². The molecular formula is C25H27ClN2O3. The summed E-state index contributed by atoms with van der Waals surface area (Å²) in [4.78, 5) is 30.8. The lowest BCUT2D eigenvalue weighted by molar-refractivity contribution is -0.121. The summed E-state index contributed by atoms with van der Waals surface area (Å²) in [6.07, 6.45) is -0.0794. The fourth-order valence-corrected chi connectivity index (χ4v) is 4.54. The summed E-state index contributed by atoms with van der Waals surface area (Å²) >= 11 is 6.22. The number of ether oxygens (including phenoxy) is 1. The Kier molecular flexibility index (Phi) is 5.67. The van der Waals surface area contributed by atoms with Gasteiger partial charge in [-0.3, -0.25) is 9.59 Å². The molecule has 31 heavy (non-hydrogen) atoms. The maximum absolute atomic E-state index is 13.7. The largest absolute Gasteiger partial charge is 0.372 e. The van der Waals surface area contributed by atoms with Crippen LogP contribution >= 0.6 is 11.6 Å². The number of morpholine rings is 1. The first-order valence-electron chi connectivity index (χ1n) is 10.5. The quantitative estimate of drug-likeness (QED) is 0.654. The molecule has 162 valence electrons. The van der Waals surface area contributed by atoms with Gasteiger partial charge in [0.1, 0.15) is 5.70 Å². The molecule has 2 aliphatic rings. The third-order valence-electron chi connectivity index (χ3n) is 6.00. The van der Waals surface area contributed by atoms with E-state index in [1.165, 1.54) is 4.90 Å². The second-order valence-corrected chi connectivity index (χ2v) is 9.00. The Morgan fingerprint density at radius 1 is 0.871 bits per heavy atom. The Bertz CT molecular complexity index is 1100. The van der Waals surface area contributed by atoms with Gasteiger partial charge in [-0.2, -0.15) is 0 Å². The highest BCUT2D eigenvalue weighted by atomic mass is 35.5. The molecule has 2 aromatic carbocycles. The van der Waals surface area contributed by atoms with Crippen LogP contribution in [-0.4, -0.2) is 42.0 Å². The van der Waals surface area contributed by atoms with E-state index in [-0.39, 0.29) is 24.0 Å². The number of amides is 2. The Labute approximate surface area is 188 Å². The van der Waals surface area contributed by atoms with Gasteiger partial charge in [-0.05, 0) is 69.0 Å². The topological polar surface area (TPSA) is 49.9 Å². The molecule has 0 bridgehead atoms. The van der Waals surface area contributed by atoms with Crippen LogP contribution in [0.3, 0.4) is 0 Å². The van der Waals surface area contributed by atoms with Crippen molar-refractivity contribution >= 4 is 34.7 Å². The van der Waals surface area contributed by atoms with Crippen molar-refractivity contribution in [1.82, 2.24) is 4.90 Å². The lowest BCUT2D eigenvalue weighted by atomic mass is 9.99. The predicted octanol–water partition coefficient (Wildman–Crippen LogP) is 4.66. The number of carbonyl (C=O) groups is 2. The Morgan fingerprint density at radius 3 is 2.16 bits per heavy atom. The highest BCUT2D eigenvalue weighted by Gasteiger charge is 2.44. The van der Waals surface area contributed by atoms with E-state index >= 15 is 0 Å². The second-order valence-electron chi connectivity index (χ2n) is 8.56. The molecule has 2 heterocycles. The van der Waals surface area contributed by atoms with E-state index in [4.69, 9.17) is 16.3 Å². The number of nitrogens with zero attached hydrogens (tertiary/aromatic N) is 2. The van der Waals surface area contributed by atoms with Crippen molar-refractivity contribution in [2.75, 3.05) is 18.0 Å². The molecular weight excluding hydrogens is 412 g/mol. The molecule has 0 N–H and O–H groups in total. The van der Waals surface area contributed by atoms with E-state index in [2.05, 4.69) is 0 Å². The van der Waals surface area contributed by atoms with Crippen molar-refractivity contribution < 1.29 is 14.3 Å². The van der Waals surface area contributed by atoms with Crippen molar-refractivity contribution in [3.05, 3.63) is 69.4 Å². The molecule has 2 aromatic rings. The van der Waals surface area contributed by atoms with Gasteiger partial charge in [0, 0.05) is 18.1 Å². The fraction of sp³-hybridized carbons (Fsp3) is 0.360. The number of halogens is 1. The van der Waals surface area contributed by atoms with Gasteiger partial charge in [0.2, 0.25) is 0 Å². The SMILES string of the molecule is Cc1ccc(C2=C(N3CC(C)OC(C)C3)C(=O)N(c3cc(Cl)ccc3C)C2=O)cc1C. The Balaban J connectivity index is 1.89. The standard InChI is InChI=1S/C25H27ClN2O3/c1-14-6-8-19(10-16(14)3)22-23(27-12-17(4)31-18(5)13-27)25(30)28(24(22)29)21-11-20(26)9-7-15(21)2/h6-11,17-18H,12-13H2,1-5H3. The summed E-state index contributed by atoms with van der Waals surface area (Å²) in [5, 5.41) is 0.482. The van der Waals surface area contributed by atoms with E-state index < -0.39 is 0 Å². The first kappa shape index (κ1) is 21.6. The summed E-state index contributed by atoms with van der Waals surface area (Å²) in [7, 11) is 0. The number of imide groups is 1. The smallest absolute Gasteiger partial charge is 0.282 e. The maximum Gasteiger partial charge on any atom is 0.282 e. The van der Waals surface area contributed by atoms with Crippen LogP contribution in [0.25, 0.3) is 5.57 Å². The van der Waals surface area contributed by atoms with Gasteiger partial charge in [-0.1, -0.05) is 35.9 Å². The van der Waals surface area contributed by atoms with Crippen molar-refractivity contribution in [2.24, 2.45) is 0 Å². The van der Waals surface area contributed by atoms with Crippen molar-refractivity contribution in [3.8, 4) is 0 Å². The molecule has 4 rings (SSSR count). The average Bonchev–Trinajstić information content (AvgIpc) is 2.95. The molecule has 0 saturated carbocycles. The van der Waals surface area contributed by atoms with Crippen LogP contribution < -0.4 is 4.90 Å². The number of aryl methyl sites for hydroxylation is 3. The molecule has 2 atom stereocenters. The summed E-state index contributed by atoms with van der Waals surface area (Å²) in [5.74, 6) is -0.634. The minimum Gasteiger partial charge on any atom is -0.372 e. The molecule has 2 unspecified atom stereocenters. The number of benzene rings is 2. The maximum atomic E-state index is 13.7. The zero-order chi connectivity index (χ0) is 22.4. The molecule has 0 aromatic heterocycles. The summed E-state index contributed by atoms with van der Waals surface area (Å²) in [6.45, 7) is 11.0. The highest BCUT2D eigenvalue weighted by Crippen LogP contribution is 2.38. The second kappa shape index (κ2) is 8.13. The molecule has 1 fully saturated rings. The molecule has 0 spiro atoms. The first-order chi connectivity index (χ1) is 14.7. The third-order valence-corrected chi connectivity index (χ3v) is 6.24. The molecule has 2 amide bonds. The monoisotopic (exact) mass is 438 g/mol. The van der Waals surface area contributed by atoms with Crippen LogP contribution in [-0.2, 0) is 14.3 Å². The Morgan fingerprint density at radius 2 is 1.52 bits per heavy atom. The van der Waals surface area contributed by atoms with Gasteiger partial charge in [0.15, 0.2) is 0 Å². The van der Waals surface area contributed by atoms with Gasteiger partial charge in [-0.25, -0.2) is 4.90 Å². The van der Waals surface area contributed by atoms with E-state index in [1.807, 2.05) is 63.8 Å². The van der Waals surface area contributed by atoms with E-state index in [0.29, 0.717) is 35.1 Å². The van der Waals surface area contributed by atoms with Crippen LogP contribution in [0.2, 0.25) is 5.02 Å². The molecule has 2 aliphatic heterocycles. The highest BCUT2D eigenvalue weighted by molar-refractivity contribution is 6.45. The summed E-state index contributed by atoms with van der Waals surface area (Å²) < 4.78 is 5.87. The number of anilines is 1. The van der Waals surface area contributed by atoms with Crippen LogP contribution in [0, 0.1) is 20.8 Å². The zero-order valence-electron chi connectivity index (χ0n) is 18.5. The minimum absolute atomic E-state index is 0.0397. The number of carbonyl (C=O) groups excluding carboxylic acids is 2. The molecule has 6 heteroatoms. The van der Waals surface area contributed by atoms with Crippen LogP contribution in [0.4, 0.5) is 5.69 Å². The zero-order valence-corrected chi connectivity index (χ0v) is 19.3. The Hall–Kier alpha value is -2.63. The number of hydrogen-bond donors (Lipinski definition) is 0. The minimum atomic E-state index is -0.319. The molecule has 0 aliphatic carbocycles. The van der Waals surface area contributed by atoms with Crippen LogP contribution in [0.15, 0.2) is 42.1 Å². The van der Waals surface area contributed by atoms with Crippen LogP contribution in [0.5, 0.6) is 0 Å².